The second-order valence-electron chi connectivity index (χ2n) is 4.00. The van der Waals surface area contributed by atoms with E-state index in [1.54, 1.807) is 12.3 Å². The summed E-state index contributed by atoms with van der Waals surface area (Å²) in [4.78, 5) is 11.0. The van der Waals surface area contributed by atoms with Crippen molar-refractivity contribution in [2.75, 3.05) is 6.54 Å². The van der Waals surface area contributed by atoms with E-state index in [-0.39, 0.29) is 0 Å². The van der Waals surface area contributed by atoms with Crippen LogP contribution in [0, 0.1) is 5.92 Å². The van der Waals surface area contributed by atoms with Gasteiger partial charge in [-0.3, -0.25) is 4.79 Å². The van der Waals surface area contributed by atoms with Gasteiger partial charge in [-0.05, 0) is 25.0 Å². The van der Waals surface area contributed by atoms with Crippen LogP contribution in [0.15, 0.2) is 22.8 Å². The molecule has 1 aromatic heterocycles. The summed E-state index contributed by atoms with van der Waals surface area (Å²) < 4.78 is 5.15. The molecule has 4 nitrogen and oxygen atoms in total. The molecule has 1 aliphatic rings. The lowest BCUT2D eigenvalue weighted by Crippen LogP contribution is -2.31. The highest BCUT2D eigenvalue weighted by molar-refractivity contribution is 5.70. The van der Waals surface area contributed by atoms with Crippen LogP contribution in [0.2, 0.25) is 0 Å². The molecule has 1 fully saturated rings. The fourth-order valence-electron chi connectivity index (χ4n) is 1.51. The van der Waals surface area contributed by atoms with Crippen molar-refractivity contribution in [2.24, 2.45) is 5.92 Å². The van der Waals surface area contributed by atoms with Gasteiger partial charge in [-0.15, -0.1) is 0 Å². The Morgan fingerprint density at radius 3 is 3.00 bits per heavy atom. The number of carbonyl (C=O) groups is 1. The minimum atomic E-state index is -0.764. The number of furan rings is 1. The van der Waals surface area contributed by atoms with Gasteiger partial charge in [0.15, 0.2) is 0 Å². The zero-order valence-electron chi connectivity index (χ0n) is 8.48. The fourth-order valence-corrected chi connectivity index (χ4v) is 1.51. The van der Waals surface area contributed by atoms with Crippen LogP contribution >= 0.6 is 0 Å². The number of hydrogen-bond donors (Lipinski definition) is 2. The minimum absolute atomic E-state index is 0.392. The van der Waals surface area contributed by atoms with Crippen LogP contribution in [-0.2, 0) is 11.2 Å². The van der Waals surface area contributed by atoms with Gasteiger partial charge in [-0.1, -0.05) is 0 Å². The molecule has 1 unspecified atom stereocenters. The van der Waals surface area contributed by atoms with Gasteiger partial charge < -0.3 is 14.8 Å². The van der Waals surface area contributed by atoms with Gasteiger partial charge in [0.1, 0.15) is 5.76 Å². The summed E-state index contributed by atoms with van der Waals surface area (Å²) in [6.07, 6.45) is 4.38. The maximum atomic E-state index is 11.0. The van der Waals surface area contributed by atoms with Gasteiger partial charge in [0.2, 0.25) is 0 Å². The molecule has 1 heterocycles. The van der Waals surface area contributed by atoms with Crippen molar-refractivity contribution in [1.82, 2.24) is 5.32 Å². The number of rotatable bonds is 6. The van der Waals surface area contributed by atoms with Crippen LogP contribution in [-0.4, -0.2) is 23.7 Å². The molecule has 1 atom stereocenters. The quantitative estimate of drug-likeness (QED) is 0.740. The first-order valence-electron chi connectivity index (χ1n) is 5.24. The number of carboxylic acids is 1. The molecule has 2 rings (SSSR count). The van der Waals surface area contributed by atoms with E-state index in [0.717, 1.165) is 5.76 Å². The van der Waals surface area contributed by atoms with Gasteiger partial charge in [-0.25, -0.2) is 0 Å². The van der Waals surface area contributed by atoms with Crippen molar-refractivity contribution in [3.8, 4) is 0 Å². The summed E-state index contributed by atoms with van der Waals surface area (Å²) in [6.45, 7) is 0.528. The van der Waals surface area contributed by atoms with E-state index in [0.29, 0.717) is 19.0 Å². The second kappa shape index (κ2) is 4.49. The Kier molecular flexibility index (Phi) is 3.06. The summed E-state index contributed by atoms with van der Waals surface area (Å²) in [5.74, 6) is -0.420. The van der Waals surface area contributed by atoms with Gasteiger partial charge in [-0.2, -0.15) is 0 Å². The topological polar surface area (TPSA) is 62.5 Å². The van der Waals surface area contributed by atoms with Gasteiger partial charge in [0, 0.05) is 19.0 Å². The molecule has 0 spiro atoms. The Morgan fingerprint density at radius 2 is 2.47 bits per heavy atom. The molecule has 0 radical (unpaired) electrons. The number of nitrogens with one attached hydrogen (secondary N) is 1. The predicted molar refractivity (Wildman–Crippen MR) is 54.6 cm³/mol. The number of hydrogen-bond acceptors (Lipinski definition) is 3. The van der Waals surface area contributed by atoms with Crippen LogP contribution in [0.5, 0.6) is 0 Å². The first-order valence-corrected chi connectivity index (χ1v) is 5.24. The van der Waals surface area contributed by atoms with Crippen molar-refractivity contribution in [3.63, 3.8) is 0 Å². The highest BCUT2D eigenvalue weighted by atomic mass is 16.4. The summed E-state index contributed by atoms with van der Waals surface area (Å²) >= 11 is 0. The summed E-state index contributed by atoms with van der Waals surface area (Å²) in [5, 5.41) is 12.3. The zero-order valence-corrected chi connectivity index (χ0v) is 8.48. The lowest BCUT2D eigenvalue weighted by molar-refractivity contribution is -0.141. The molecule has 0 bridgehead atoms. The Bertz CT molecular complexity index is 317. The molecular formula is C11H15NO3. The Labute approximate surface area is 88.3 Å². The lowest BCUT2D eigenvalue weighted by atomic mass is 10.0. The molecule has 0 aliphatic heterocycles. The summed E-state index contributed by atoms with van der Waals surface area (Å²) in [5.41, 5.74) is 0. The van der Waals surface area contributed by atoms with E-state index in [4.69, 9.17) is 9.52 Å². The first-order chi connectivity index (χ1) is 7.25. The van der Waals surface area contributed by atoms with Crippen molar-refractivity contribution < 1.29 is 14.3 Å². The molecule has 0 amide bonds. The third-order valence-electron chi connectivity index (χ3n) is 2.61. The van der Waals surface area contributed by atoms with Crippen LogP contribution in [0.3, 0.4) is 0 Å². The molecule has 82 valence electrons. The average molecular weight is 209 g/mol. The highest BCUT2D eigenvalue weighted by Gasteiger charge is 2.25. The number of carboxylic acid groups (broad SMARTS) is 1. The molecular weight excluding hydrogens is 194 g/mol. The largest absolute Gasteiger partial charge is 0.481 e. The smallest absolute Gasteiger partial charge is 0.308 e. The normalized spacial score (nSPS) is 17.6. The SMILES string of the molecule is O=C(O)C(CNC1CC1)Cc1ccco1. The third kappa shape index (κ3) is 3.09. The second-order valence-corrected chi connectivity index (χ2v) is 4.00. The van der Waals surface area contributed by atoms with Crippen LogP contribution in [0.1, 0.15) is 18.6 Å². The van der Waals surface area contributed by atoms with E-state index < -0.39 is 11.9 Å². The predicted octanol–water partition coefficient (Wildman–Crippen LogP) is 1.27. The average Bonchev–Trinajstić information content (AvgIpc) is 2.89. The molecule has 1 aliphatic carbocycles. The van der Waals surface area contributed by atoms with Crippen molar-refractivity contribution in [2.45, 2.75) is 25.3 Å². The standard InChI is InChI=1S/C11H15NO3/c13-11(14)8(7-12-9-3-4-9)6-10-2-1-5-15-10/h1-2,5,8-9,12H,3-4,6-7H2,(H,13,14). The van der Waals surface area contributed by atoms with E-state index in [9.17, 15) is 4.79 Å². The van der Waals surface area contributed by atoms with Crippen molar-refractivity contribution in [3.05, 3.63) is 24.2 Å². The Morgan fingerprint density at radius 1 is 1.67 bits per heavy atom. The molecule has 0 saturated heterocycles. The van der Waals surface area contributed by atoms with Crippen molar-refractivity contribution >= 4 is 5.97 Å². The minimum Gasteiger partial charge on any atom is -0.481 e. The first kappa shape index (κ1) is 10.2. The zero-order chi connectivity index (χ0) is 10.7. The molecule has 1 saturated carbocycles. The molecule has 4 heteroatoms. The number of aliphatic carboxylic acids is 1. The van der Waals surface area contributed by atoms with Crippen molar-refractivity contribution in [1.29, 1.82) is 0 Å². The van der Waals surface area contributed by atoms with Crippen LogP contribution in [0.25, 0.3) is 0 Å². The summed E-state index contributed by atoms with van der Waals surface area (Å²) in [6, 6.07) is 4.14. The summed E-state index contributed by atoms with van der Waals surface area (Å²) in [7, 11) is 0. The van der Waals surface area contributed by atoms with E-state index in [2.05, 4.69) is 5.32 Å². The molecule has 1 aromatic rings. The van der Waals surface area contributed by atoms with Crippen LogP contribution < -0.4 is 5.32 Å². The van der Waals surface area contributed by atoms with E-state index in [1.807, 2.05) is 6.07 Å². The Balaban J connectivity index is 1.84. The monoisotopic (exact) mass is 209 g/mol. The molecule has 15 heavy (non-hydrogen) atoms. The van der Waals surface area contributed by atoms with E-state index in [1.165, 1.54) is 12.8 Å². The maximum Gasteiger partial charge on any atom is 0.308 e. The van der Waals surface area contributed by atoms with Gasteiger partial charge in [0.05, 0.1) is 12.2 Å². The third-order valence-corrected chi connectivity index (χ3v) is 2.61. The van der Waals surface area contributed by atoms with Crippen LogP contribution in [0.4, 0.5) is 0 Å². The van der Waals surface area contributed by atoms with Gasteiger partial charge >= 0.3 is 5.97 Å². The highest BCUT2D eigenvalue weighted by Crippen LogP contribution is 2.19. The lowest BCUT2D eigenvalue weighted by Gasteiger charge is -2.11. The van der Waals surface area contributed by atoms with Gasteiger partial charge in [0.25, 0.3) is 0 Å². The fraction of sp³-hybridized carbons (Fsp3) is 0.545. The van der Waals surface area contributed by atoms with E-state index >= 15 is 0 Å². The molecule has 2 N–H and O–H groups in total. The molecule has 0 aromatic carbocycles. The Hall–Kier alpha value is -1.29. The maximum absolute atomic E-state index is 11.0.